The number of anilines is 1. The predicted octanol–water partition coefficient (Wildman–Crippen LogP) is 5.31. The van der Waals surface area contributed by atoms with Crippen molar-refractivity contribution in [3.63, 3.8) is 0 Å². The summed E-state index contributed by atoms with van der Waals surface area (Å²) in [6, 6.07) is 27.6. The van der Waals surface area contributed by atoms with Gasteiger partial charge in [0, 0.05) is 0 Å². The number of hydrogen-bond donors (Lipinski definition) is 1. The predicted molar refractivity (Wildman–Crippen MR) is 118 cm³/mol. The SMILES string of the molecule is Cc1ccc([C@H]2C[C@H](c3ccc(OCc4ccccc4)cc3)n3ncnc3N2)cc1. The van der Waals surface area contributed by atoms with E-state index in [1.807, 2.05) is 35.0 Å². The van der Waals surface area contributed by atoms with Gasteiger partial charge in [0.1, 0.15) is 18.7 Å². The van der Waals surface area contributed by atoms with Gasteiger partial charge in [0.2, 0.25) is 5.95 Å². The fourth-order valence-electron chi connectivity index (χ4n) is 3.94. The Hall–Kier alpha value is -3.60. The highest BCUT2D eigenvalue weighted by Crippen LogP contribution is 2.37. The minimum absolute atomic E-state index is 0.123. The molecular weight excluding hydrogens is 372 g/mol. The zero-order valence-corrected chi connectivity index (χ0v) is 16.9. The van der Waals surface area contributed by atoms with E-state index >= 15 is 0 Å². The van der Waals surface area contributed by atoms with Gasteiger partial charge in [-0.15, -0.1) is 0 Å². The maximum atomic E-state index is 5.94. The zero-order valence-electron chi connectivity index (χ0n) is 16.9. The second-order valence-corrected chi connectivity index (χ2v) is 7.73. The van der Waals surface area contributed by atoms with Gasteiger partial charge < -0.3 is 10.1 Å². The van der Waals surface area contributed by atoms with Crippen LogP contribution in [0.2, 0.25) is 0 Å². The average Bonchev–Trinajstić information content (AvgIpc) is 3.27. The molecule has 5 nitrogen and oxygen atoms in total. The number of nitrogens with one attached hydrogen (secondary N) is 1. The van der Waals surface area contributed by atoms with Gasteiger partial charge in [-0.25, -0.2) is 4.68 Å². The molecule has 0 saturated carbocycles. The Labute approximate surface area is 176 Å². The molecule has 150 valence electrons. The number of nitrogens with zero attached hydrogens (tertiary/aromatic N) is 3. The maximum absolute atomic E-state index is 5.94. The lowest BCUT2D eigenvalue weighted by molar-refractivity contribution is 0.306. The van der Waals surface area contributed by atoms with Gasteiger partial charge >= 0.3 is 0 Å². The van der Waals surface area contributed by atoms with Gasteiger partial charge in [0.15, 0.2) is 0 Å². The first-order valence-corrected chi connectivity index (χ1v) is 10.3. The second-order valence-electron chi connectivity index (χ2n) is 7.73. The maximum Gasteiger partial charge on any atom is 0.222 e. The highest BCUT2D eigenvalue weighted by atomic mass is 16.5. The quantitative estimate of drug-likeness (QED) is 0.497. The Balaban J connectivity index is 1.35. The summed E-state index contributed by atoms with van der Waals surface area (Å²) in [7, 11) is 0. The van der Waals surface area contributed by atoms with E-state index < -0.39 is 0 Å². The Morgan fingerprint density at radius 3 is 2.43 bits per heavy atom. The lowest BCUT2D eigenvalue weighted by Crippen LogP contribution is -2.28. The smallest absolute Gasteiger partial charge is 0.222 e. The van der Waals surface area contributed by atoms with E-state index in [1.54, 1.807) is 6.33 Å². The van der Waals surface area contributed by atoms with Crippen LogP contribution in [-0.2, 0) is 6.61 Å². The Kier molecular flexibility index (Phi) is 4.93. The zero-order chi connectivity index (χ0) is 20.3. The van der Waals surface area contributed by atoms with Gasteiger partial charge in [-0.05, 0) is 42.2 Å². The Bertz CT molecular complexity index is 1100. The van der Waals surface area contributed by atoms with E-state index in [0.717, 1.165) is 23.7 Å². The Morgan fingerprint density at radius 2 is 1.67 bits per heavy atom. The van der Waals surface area contributed by atoms with Gasteiger partial charge in [-0.3, -0.25) is 0 Å². The third-order valence-corrected chi connectivity index (χ3v) is 5.62. The molecule has 5 rings (SSSR count). The molecule has 2 atom stereocenters. The molecule has 0 amide bonds. The monoisotopic (exact) mass is 396 g/mol. The molecule has 30 heavy (non-hydrogen) atoms. The van der Waals surface area contributed by atoms with E-state index in [9.17, 15) is 0 Å². The third kappa shape index (κ3) is 3.79. The summed E-state index contributed by atoms with van der Waals surface area (Å²) < 4.78 is 7.92. The molecule has 2 heterocycles. The van der Waals surface area contributed by atoms with Gasteiger partial charge in [-0.1, -0.05) is 72.3 Å². The summed E-state index contributed by atoms with van der Waals surface area (Å²) in [6.45, 7) is 2.68. The van der Waals surface area contributed by atoms with Crippen LogP contribution in [-0.4, -0.2) is 14.8 Å². The van der Waals surface area contributed by atoms with Crippen molar-refractivity contribution >= 4 is 5.95 Å². The number of hydrogen-bond acceptors (Lipinski definition) is 4. The van der Waals surface area contributed by atoms with Crippen molar-refractivity contribution in [3.05, 3.63) is 107 Å². The van der Waals surface area contributed by atoms with E-state index in [0.29, 0.717) is 6.61 Å². The number of rotatable bonds is 5. The number of aryl methyl sites for hydroxylation is 1. The van der Waals surface area contributed by atoms with Crippen molar-refractivity contribution in [1.29, 1.82) is 0 Å². The molecule has 0 unspecified atom stereocenters. The first-order valence-electron chi connectivity index (χ1n) is 10.3. The van der Waals surface area contributed by atoms with Gasteiger partial charge in [0.25, 0.3) is 0 Å². The Morgan fingerprint density at radius 1 is 0.933 bits per heavy atom. The molecule has 1 N–H and O–H groups in total. The van der Waals surface area contributed by atoms with Crippen LogP contribution < -0.4 is 10.1 Å². The van der Waals surface area contributed by atoms with Crippen LogP contribution in [0, 0.1) is 6.92 Å². The van der Waals surface area contributed by atoms with E-state index in [2.05, 4.69) is 70.9 Å². The standard InChI is InChI=1S/C25H24N4O/c1-18-7-9-20(10-8-18)23-15-24(29-25(28-23)26-17-27-29)21-11-13-22(14-12-21)30-16-19-5-3-2-4-6-19/h2-14,17,23-24H,15-16H2,1H3,(H,26,27,28)/t23-,24-/m1/s1. The number of benzene rings is 3. The molecule has 1 aliphatic rings. The lowest BCUT2D eigenvalue weighted by atomic mass is 9.93. The van der Waals surface area contributed by atoms with Crippen molar-refractivity contribution in [3.8, 4) is 5.75 Å². The summed E-state index contributed by atoms with van der Waals surface area (Å²) in [5.74, 6) is 1.67. The highest BCUT2D eigenvalue weighted by Gasteiger charge is 2.29. The van der Waals surface area contributed by atoms with Crippen LogP contribution in [0.4, 0.5) is 5.95 Å². The largest absolute Gasteiger partial charge is 0.489 e. The lowest BCUT2D eigenvalue weighted by Gasteiger charge is -2.32. The van der Waals surface area contributed by atoms with Crippen LogP contribution in [0.5, 0.6) is 5.75 Å². The summed E-state index contributed by atoms with van der Waals surface area (Å²) in [5, 5.41) is 7.99. The molecule has 4 aromatic rings. The summed E-state index contributed by atoms with van der Waals surface area (Å²) in [6.07, 6.45) is 2.52. The molecule has 0 bridgehead atoms. The number of aromatic nitrogens is 3. The molecule has 0 aliphatic carbocycles. The molecule has 0 radical (unpaired) electrons. The van der Waals surface area contributed by atoms with E-state index in [-0.39, 0.29) is 12.1 Å². The first kappa shape index (κ1) is 18.4. The molecule has 1 aromatic heterocycles. The molecule has 0 fully saturated rings. The van der Waals surface area contributed by atoms with Crippen LogP contribution >= 0.6 is 0 Å². The van der Waals surface area contributed by atoms with Crippen molar-refractivity contribution in [1.82, 2.24) is 14.8 Å². The van der Waals surface area contributed by atoms with Crippen molar-refractivity contribution in [2.45, 2.75) is 32.0 Å². The molecule has 5 heteroatoms. The van der Waals surface area contributed by atoms with Crippen LogP contribution in [0.25, 0.3) is 0 Å². The number of fused-ring (bicyclic) bond motifs is 1. The molecule has 3 aromatic carbocycles. The fourth-order valence-corrected chi connectivity index (χ4v) is 3.94. The van der Waals surface area contributed by atoms with Crippen molar-refractivity contribution in [2.24, 2.45) is 0 Å². The third-order valence-electron chi connectivity index (χ3n) is 5.62. The number of ether oxygens (including phenoxy) is 1. The van der Waals surface area contributed by atoms with Crippen LogP contribution in [0.3, 0.4) is 0 Å². The average molecular weight is 396 g/mol. The van der Waals surface area contributed by atoms with Crippen LogP contribution in [0.1, 0.15) is 40.8 Å². The van der Waals surface area contributed by atoms with Crippen molar-refractivity contribution < 1.29 is 4.74 Å². The van der Waals surface area contributed by atoms with E-state index in [4.69, 9.17) is 4.74 Å². The normalized spacial score (nSPS) is 17.8. The summed E-state index contributed by atoms with van der Waals surface area (Å²) in [5.41, 5.74) is 4.89. The summed E-state index contributed by atoms with van der Waals surface area (Å²) in [4.78, 5) is 4.42. The second kappa shape index (κ2) is 8.03. The van der Waals surface area contributed by atoms with Gasteiger partial charge in [-0.2, -0.15) is 10.1 Å². The van der Waals surface area contributed by atoms with E-state index in [1.165, 1.54) is 16.7 Å². The topological polar surface area (TPSA) is 52.0 Å². The first-order chi connectivity index (χ1) is 14.8. The molecular formula is C25H24N4O. The fraction of sp³-hybridized carbons (Fsp3) is 0.200. The van der Waals surface area contributed by atoms with Crippen LogP contribution in [0.15, 0.2) is 85.2 Å². The minimum Gasteiger partial charge on any atom is -0.489 e. The minimum atomic E-state index is 0.123. The van der Waals surface area contributed by atoms with Gasteiger partial charge in [0.05, 0.1) is 12.1 Å². The molecule has 0 spiro atoms. The highest BCUT2D eigenvalue weighted by molar-refractivity contribution is 5.39. The molecule has 0 saturated heterocycles. The van der Waals surface area contributed by atoms with Crippen molar-refractivity contribution in [2.75, 3.05) is 5.32 Å². The summed E-state index contributed by atoms with van der Waals surface area (Å²) >= 11 is 0. The molecule has 1 aliphatic heterocycles.